The number of pyridine rings is 1. The van der Waals surface area contributed by atoms with Crippen molar-refractivity contribution >= 4 is 11.6 Å². The first-order valence-corrected chi connectivity index (χ1v) is 6.23. The maximum absolute atomic E-state index is 12.8. The lowest BCUT2D eigenvalue weighted by molar-refractivity contribution is -0.137. The Bertz CT molecular complexity index is 469. The summed E-state index contributed by atoms with van der Waals surface area (Å²) in [4.78, 5) is 3.96. The fraction of sp³-hybridized carbons (Fsp3) is 0.583. The Morgan fingerprint density at radius 1 is 1.35 bits per heavy atom. The quantitative estimate of drug-likeness (QED) is 0.573. The fourth-order valence-corrected chi connectivity index (χ4v) is 2.13. The van der Waals surface area contributed by atoms with Gasteiger partial charge >= 0.3 is 6.18 Å². The number of rotatable bonds is 5. The van der Waals surface area contributed by atoms with Crippen molar-refractivity contribution in [3.05, 3.63) is 17.7 Å². The molecule has 1 saturated carbocycles. The summed E-state index contributed by atoms with van der Waals surface area (Å²) in [5.74, 6) is 5.23. The molecular weight excluding hydrogens is 273 g/mol. The number of methoxy groups -OCH3 is 1. The van der Waals surface area contributed by atoms with E-state index in [2.05, 4.69) is 15.7 Å². The zero-order valence-electron chi connectivity index (χ0n) is 11.0. The molecule has 1 fully saturated rings. The molecule has 0 saturated heterocycles. The number of alkyl halides is 3. The van der Waals surface area contributed by atoms with Crippen LogP contribution in [-0.2, 0) is 10.9 Å². The second-order valence-corrected chi connectivity index (χ2v) is 4.86. The van der Waals surface area contributed by atoms with Crippen LogP contribution in [0, 0.1) is 0 Å². The number of nitrogen functional groups attached to an aromatic ring is 1. The monoisotopic (exact) mass is 290 g/mol. The summed E-state index contributed by atoms with van der Waals surface area (Å²) in [6, 6.07) is 1.82. The van der Waals surface area contributed by atoms with Gasteiger partial charge in [0, 0.05) is 13.7 Å². The topological polar surface area (TPSA) is 72.2 Å². The maximum atomic E-state index is 12.8. The van der Waals surface area contributed by atoms with Crippen LogP contribution in [-0.4, -0.2) is 24.2 Å². The SMILES string of the molecule is COC1(CNc2cc(C(F)(F)F)cc(NN)n2)CCC1. The standard InChI is InChI=1S/C12H17F3N4O/c1-20-11(3-2-4-11)7-17-9-5-8(12(13,14)15)6-10(18-9)19-16/h5-6H,2-4,7,16H2,1H3,(H2,17,18,19). The van der Waals surface area contributed by atoms with E-state index >= 15 is 0 Å². The molecule has 0 spiro atoms. The number of nitrogens with zero attached hydrogens (tertiary/aromatic N) is 1. The van der Waals surface area contributed by atoms with Crippen LogP contribution in [0.5, 0.6) is 0 Å². The summed E-state index contributed by atoms with van der Waals surface area (Å²) in [7, 11) is 1.60. The molecule has 8 heteroatoms. The molecular formula is C12H17F3N4O. The number of hydrogen-bond acceptors (Lipinski definition) is 5. The molecule has 0 aromatic carbocycles. The van der Waals surface area contributed by atoms with E-state index in [-0.39, 0.29) is 17.2 Å². The van der Waals surface area contributed by atoms with E-state index < -0.39 is 11.7 Å². The summed E-state index contributed by atoms with van der Waals surface area (Å²) in [6.07, 6.45) is -1.61. The number of anilines is 2. The van der Waals surface area contributed by atoms with Crippen LogP contribution in [0.2, 0.25) is 0 Å². The average Bonchev–Trinajstić information content (AvgIpc) is 2.36. The Morgan fingerprint density at radius 2 is 2.00 bits per heavy atom. The minimum atomic E-state index is -4.44. The highest BCUT2D eigenvalue weighted by Crippen LogP contribution is 2.36. The lowest BCUT2D eigenvalue weighted by atomic mass is 9.80. The van der Waals surface area contributed by atoms with Gasteiger partial charge in [-0.05, 0) is 31.4 Å². The largest absolute Gasteiger partial charge is 0.416 e. The number of hydrogen-bond donors (Lipinski definition) is 3. The van der Waals surface area contributed by atoms with Gasteiger partial charge in [0.15, 0.2) is 0 Å². The Labute approximate surface area is 114 Å². The third kappa shape index (κ3) is 3.13. The molecule has 0 amide bonds. The molecule has 0 bridgehead atoms. The zero-order valence-corrected chi connectivity index (χ0v) is 11.0. The van der Waals surface area contributed by atoms with Crippen LogP contribution < -0.4 is 16.6 Å². The fourth-order valence-electron chi connectivity index (χ4n) is 2.13. The molecule has 112 valence electrons. The Hall–Kier alpha value is -1.54. The summed E-state index contributed by atoms with van der Waals surface area (Å²) >= 11 is 0. The van der Waals surface area contributed by atoms with Gasteiger partial charge in [-0.1, -0.05) is 0 Å². The summed E-state index contributed by atoms with van der Waals surface area (Å²) in [5, 5.41) is 2.89. The van der Waals surface area contributed by atoms with E-state index in [1.54, 1.807) is 7.11 Å². The minimum absolute atomic E-state index is 0.0394. The highest BCUT2D eigenvalue weighted by atomic mass is 19.4. The Balaban J connectivity index is 2.14. The molecule has 0 aliphatic heterocycles. The predicted molar refractivity (Wildman–Crippen MR) is 69.1 cm³/mol. The Kier molecular flexibility index (Phi) is 4.05. The second-order valence-electron chi connectivity index (χ2n) is 4.86. The van der Waals surface area contributed by atoms with Gasteiger partial charge < -0.3 is 15.5 Å². The molecule has 5 nitrogen and oxygen atoms in total. The molecule has 0 unspecified atom stereocenters. The first kappa shape index (κ1) is 14.9. The van der Waals surface area contributed by atoms with E-state index in [1.165, 1.54) is 0 Å². The molecule has 1 aromatic rings. The van der Waals surface area contributed by atoms with Gasteiger partial charge in [0.1, 0.15) is 11.6 Å². The van der Waals surface area contributed by atoms with Crippen molar-refractivity contribution in [2.75, 3.05) is 24.4 Å². The molecule has 1 aliphatic carbocycles. The lowest BCUT2D eigenvalue weighted by Crippen LogP contribution is -2.45. The minimum Gasteiger partial charge on any atom is -0.376 e. The van der Waals surface area contributed by atoms with Crippen LogP contribution in [0.25, 0.3) is 0 Å². The van der Waals surface area contributed by atoms with Crippen LogP contribution in [0.3, 0.4) is 0 Å². The van der Waals surface area contributed by atoms with Crippen molar-refractivity contribution in [1.82, 2.24) is 4.98 Å². The third-order valence-corrected chi connectivity index (χ3v) is 3.59. The summed E-state index contributed by atoms with van der Waals surface area (Å²) in [5.41, 5.74) is 1.03. The second kappa shape index (κ2) is 5.45. The molecule has 20 heavy (non-hydrogen) atoms. The zero-order chi connectivity index (χ0) is 14.8. The average molecular weight is 290 g/mol. The van der Waals surface area contributed by atoms with E-state index in [9.17, 15) is 13.2 Å². The van der Waals surface area contributed by atoms with Crippen molar-refractivity contribution < 1.29 is 17.9 Å². The number of nitrogens with one attached hydrogen (secondary N) is 2. The summed E-state index contributed by atoms with van der Waals surface area (Å²) < 4.78 is 43.7. The van der Waals surface area contributed by atoms with Crippen molar-refractivity contribution in [2.45, 2.75) is 31.0 Å². The normalized spacial score (nSPS) is 17.4. The van der Waals surface area contributed by atoms with E-state index in [0.717, 1.165) is 31.4 Å². The van der Waals surface area contributed by atoms with Gasteiger partial charge in [-0.2, -0.15) is 13.2 Å². The predicted octanol–water partition coefficient (Wildman–Crippen LogP) is 2.37. The number of halogens is 3. The van der Waals surface area contributed by atoms with Crippen LogP contribution in [0.1, 0.15) is 24.8 Å². The van der Waals surface area contributed by atoms with Crippen LogP contribution >= 0.6 is 0 Å². The molecule has 1 aromatic heterocycles. The summed E-state index contributed by atoms with van der Waals surface area (Å²) in [6.45, 7) is 0.418. The van der Waals surface area contributed by atoms with Crippen molar-refractivity contribution in [1.29, 1.82) is 0 Å². The molecule has 0 radical (unpaired) electrons. The van der Waals surface area contributed by atoms with Gasteiger partial charge in [-0.15, -0.1) is 0 Å². The maximum Gasteiger partial charge on any atom is 0.416 e. The van der Waals surface area contributed by atoms with E-state index in [0.29, 0.717) is 6.54 Å². The first-order chi connectivity index (χ1) is 9.38. The number of ether oxygens (including phenoxy) is 1. The van der Waals surface area contributed by atoms with Gasteiger partial charge in [0.25, 0.3) is 0 Å². The van der Waals surface area contributed by atoms with Crippen LogP contribution in [0.4, 0.5) is 24.8 Å². The van der Waals surface area contributed by atoms with E-state index in [4.69, 9.17) is 10.6 Å². The van der Waals surface area contributed by atoms with Crippen molar-refractivity contribution in [2.24, 2.45) is 5.84 Å². The Morgan fingerprint density at radius 3 is 2.45 bits per heavy atom. The molecule has 4 N–H and O–H groups in total. The van der Waals surface area contributed by atoms with Crippen LogP contribution in [0.15, 0.2) is 12.1 Å². The van der Waals surface area contributed by atoms with Gasteiger partial charge in [0.2, 0.25) is 0 Å². The van der Waals surface area contributed by atoms with E-state index in [1.807, 2.05) is 0 Å². The van der Waals surface area contributed by atoms with Crippen molar-refractivity contribution in [3.8, 4) is 0 Å². The van der Waals surface area contributed by atoms with Gasteiger partial charge in [-0.25, -0.2) is 10.8 Å². The number of hydrazine groups is 1. The van der Waals surface area contributed by atoms with Gasteiger partial charge in [-0.3, -0.25) is 0 Å². The third-order valence-electron chi connectivity index (χ3n) is 3.59. The molecule has 1 aliphatic rings. The number of nitrogens with two attached hydrogens (primary N) is 1. The van der Waals surface area contributed by atoms with Crippen molar-refractivity contribution in [3.63, 3.8) is 0 Å². The smallest absolute Gasteiger partial charge is 0.376 e. The van der Waals surface area contributed by atoms with Gasteiger partial charge in [0.05, 0.1) is 11.2 Å². The number of aromatic nitrogens is 1. The first-order valence-electron chi connectivity index (χ1n) is 6.23. The highest BCUT2D eigenvalue weighted by molar-refractivity contribution is 5.49. The molecule has 2 rings (SSSR count). The molecule has 0 atom stereocenters. The highest BCUT2D eigenvalue weighted by Gasteiger charge is 2.37. The lowest BCUT2D eigenvalue weighted by Gasteiger charge is -2.40. The molecule has 1 heterocycles.